The average molecular weight is 246 g/mol. The van der Waals surface area contributed by atoms with Gasteiger partial charge in [-0.05, 0) is 33.2 Å². The molecule has 18 heavy (non-hydrogen) atoms. The van der Waals surface area contributed by atoms with Crippen LogP contribution >= 0.6 is 0 Å². The van der Waals surface area contributed by atoms with Crippen molar-refractivity contribution in [1.29, 1.82) is 0 Å². The third-order valence-corrected chi connectivity index (χ3v) is 3.69. The Morgan fingerprint density at radius 2 is 2.39 bits per heavy atom. The van der Waals surface area contributed by atoms with Gasteiger partial charge in [-0.15, -0.1) is 0 Å². The number of H-pyrrole nitrogens is 1. The van der Waals surface area contributed by atoms with E-state index in [0.717, 1.165) is 30.4 Å². The molecule has 96 valence electrons. The van der Waals surface area contributed by atoms with Crippen LogP contribution in [-0.2, 0) is 6.54 Å². The Kier molecular flexibility index (Phi) is 2.91. The molecular formula is C13H18N4O. The lowest BCUT2D eigenvalue weighted by molar-refractivity contribution is 0.240. The van der Waals surface area contributed by atoms with Crippen LogP contribution in [0.2, 0.25) is 0 Å². The topological polar surface area (TPSA) is 58.0 Å². The van der Waals surface area contributed by atoms with Crippen LogP contribution in [-0.4, -0.2) is 26.6 Å². The molecule has 0 bridgehead atoms. The zero-order chi connectivity index (χ0) is 12.5. The summed E-state index contributed by atoms with van der Waals surface area (Å²) < 4.78 is 5.29. The maximum Gasteiger partial charge on any atom is 0.138 e. The van der Waals surface area contributed by atoms with Gasteiger partial charge in [-0.25, -0.2) is 4.98 Å². The summed E-state index contributed by atoms with van der Waals surface area (Å²) in [7, 11) is 0. The van der Waals surface area contributed by atoms with Gasteiger partial charge in [0.2, 0.25) is 0 Å². The van der Waals surface area contributed by atoms with Crippen molar-refractivity contribution in [3.8, 4) is 0 Å². The maximum atomic E-state index is 5.29. The van der Waals surface area contributed by atoms with E-state index in [9.17, 15) is 0 Å². The number of nitrogens with one attached hydrogen (secondary N) is 1. The number of hydrogen-bond acceptors (Lipinski definition) is 4. The quantitative estimate of drug-likeness (QED) is 0.903. The third-order valence-electron chi connectivity index (χ3n) is 3.69. The first-order valence-corrected chi connectivity index (χ1v) is 6.41. The van der Waals surface area contributed by atoms with Crippen molar-refractivity contribution in [2.24, 2.45) is 0 Å². The lowest BCUT2D eigenvalue weighted by Crippen LogP contribution is -2.24. The van der Waals surface area contributed by atoms with Gasteiger partial charge in [-0.1, -0.05) is 5.16 Å². The second-order valence-corrected chi connectivity index (χ2v) is 4.90. The van der Waals surface area contributed by atoms with Gasteiger partial charge in [0.1, 0.15) is 11.6 Å². The van der Waals surface area contributed by atoms with Crippen LogP contribution < -0.4 is 0 Å². The summed E-state index contributed by atoms with van der Waals surface area (Å²) in [5, 5.41) is 4.07. The first-order chi connectivity index (χ1) is 8.75. The fourth-order valence-corrected chi connectivity index (χ4v) is 2.88. The van der Waals surface area contributed by atoms with E-state index in [1.165, 1.54) is 18.4 Å². The summed E-state index contributed by atoms with van der Waals surface area (Å²) in [5.41, 5.74) is 2.28. The number of nitrogens with zero attached hydrogens (tertiary/aromatic N) is 3. The van der Waals surface area contributed by atoms with E-state index in [1.807, 2.05) is 20.0 Å². The second-order valence-electron chi connectivity index (χ2n) is 4.90. The highest BCUT2D eigenvalue weighted by Gasteiger charge is 2.30. The van der Waals surface area contributed by atoms with Gasteiger partial charge >= 0.3 is 0 Å². The summed E-state index contributed by atoms with van der Waals surface area (Å²) in [4.78, 5) is 9.92. The molecule has 3 rings (SSSR count). The lowest BCUT2D eigenvalue weighted by atomic mass is 10.0. The highest BCUT2D eigenvalue weighted by atomic mass is 16.5. The summed E-state index contributed by atoms with van der Waals surface area (Å²) in [5.74, 6) is 1.97. The first-order valence-electron chi connectivity index (χ1n) is 6.41. The minimum atomic E-state index is 0.418. The van der Waals surface area contributed by atoms with Gasteiger partial charge in [0.05, 0.1) is 12.2 Å². The highest BCUT2D eigenvalue weighted by molar-refractivity contribution is 5.26. The Morgan fingerprint density at radius 3 is 3.06 bits per heavy atom. The number of likely N-dealkylation sites (tertiary alicyclic amines) is 1. The van der Waals surface area contributed by atoms with Gasteiger partial charge in [-0.2, -0.15) is 0 Å². The molecule has 5 heteroatoms. The molecule has 0 saturated carbocycles. The Hall–Kier alpha value is -1.62. The minimum absolute atomic E-state index is 0.418. The molecule has 0 unspecified atom stereocenters. The molecule has 1 saturated heterocycles. The van der Waals surface area contributed by atoms with Crippen LogP contribution in [0.1, 0.15) is 41.7 Å². The Labute approximate surface area is 106 Å². The van der Waals surface area contributed by atoms with Gasteiger partial charge < -0.3 is 9.51 Å². The zero-order valence-electron chi connectivity index (χ0n) is 10.8. The largest absolute Gasteiger partial charge is 0.361 e. The van der Waals surface area contributed by atoms with E-state index in [2.05, 4.69) is 20.0 Å². The molecule has 0 aliphatic carbocycles. The molecular weight excluding hydrogens is 228 g/mol. The van der Waals surface area contributed by atoms with Gasteiger partial charge in [-0.3, -0.25) is 4.90 Å². The molecule has 1 atom stereocenters. The van der Waals surface area contributed by atoms with Crippen molar-refractivity contribution in [3.05, 3.63) is 35.2 Å². The monoisotopic (exact) mass is 246 g/mol. The van der Waals surface area contributed by atoms with E-state index in [1.54, 1.807) is 6.20 Å². The summed E-state index contributed by atoms with van der Waals surface area (Å²) in [6.07, 6.45) is 6.06. The standard InChI is InChI=1S/C13H18N4O/c1-9-13(10(2)18-16-9)11-4-3-7-17(11)8-12-14-5-6-15-12/h5-6,11H,3-4,7-8H2,1-2H3,(H,14,15)/t11-/m0/s1. The van der Waals surface area contributed by atoms with Crippen LogP contribution in [0.15, 0.2) is 16.9 Å². The molecule has 0 aromatic carbocycles. The summed E-state index contributed by atoms with van der Waals surface area (Å²) >= 11 is 0. The second kappa shape index (κ2) is 4.57. The Balaban J connectivity index is 1.83. The van der Waals surface area contributed by atoms with Gasteiger partial charge in [0.15, 0.2) is 0 Å². The van der Waals surface area contributed by atoms with Crippen molar-refractivity contribution in [2.45, 2.75) is 39.3 Å². The molecule has 0 amide bonds. The van der Waals surface area contributed by atoms with E-state index < -0.39 is 0 Å². The number of aromatic amines is 1. The predicted molar refractivity (Wildman–Crippen MR) is 66.9 cm³/mol. The lowest BCUT2D eigenvalue weighted by Gasteiger charge is -2.23. The average Bonchev–Trinajstić information content (AvgIpc) is 3.04. The maximum absolute atomic E-state index is 5.29. The number of rotatable bonds is 3. The van der Waals surface area contributed by atoms with Crippen molar-refractivity contribution in [1.82, 2.24) is 20.0 Å². The van der Waals surface area contributed by atoms with E-state index in [4.69, 9.17) is 4.52 Å². The first kappa shape index (κ1) is 11.5. The fraction of sp³-hybridized carbons (Fsp3) is 0.538. The van der Waals surface area contributed by atoms with Gasteiger partial charge in [0, 0.05) is 24.0 Å². The van der Waals surface area contributed by atoms with E-state index in [-0.39, 0.29) is 0 Å². The number of hydrogen-bond donors (Lipinski definition) is 1. The molecule has 1 fully saturated rings. The van der Waals surface area contributed by atoms with Crippen molar-refractivity contribution in [3.63, 3.8) is 0 Å². The smallest absolute Gasteiger partial charge is 0.138 e. The van der Waals surface area contributed by atoms with Crippen molar-refractivity contribution in [2.75, 3.05) is 6.54 Å². The Bertz CT molecular complexity index is 498. The summed E-state index contributed by atoms with van der Waals surface area (Å²) in [6, 6.07) is 0.418. The van der Waals surface area contributed by atoms with E-state index >= 15 is 0 Å². The highest BCUT2D eigenvalue weighted by Crippen LogP contribution is 2.36. The van der Waals surface area contributed by atoms with E-state index in [0.29, 0.717) is 6.04 Å². The molecule has 0 radical (unpaired) electrons. The molecule has 2 aromatic heterocycles. The van der Waals surface area contributed by atoms with Gasteiger partial charge in [0.25, 0.3) is 0 Å². The van der Waals surface area contributed by atoms with Crippen LogP contribution in [0, 0.1) is 13.8 Å². The normalized spacial score (nSPS) is 20.7. The van der Waals surface area contributed by atoms with Crippen LogP contribution in [0.5, 0.6) is 0 Å². The fourth-order valence-electron chi connectivity index (χ4n) is 2.88. The Morgan fingerprint density at radius 1 is 1.50 bits per heavy atom. The molecule has 5 nitrogen and oxygen atoms in total. The molecule has 1 aliphatic rings. The van der Waals surface area contributed by atoms with Crippen molar-refractivity contribution < 1.29 is 4.52 Å². The molecule has 3 heterocycles. The van der Waals surface area contributed by atoms with Crippen LogP contribution in [0.3, 0.4) is 0 Å². The van der Waals surface area contributed by atoms with Crippen LogP contribution in [0.25, 0.3) is 0 Å². The molecule has 2 aromatic rings. The SMILES string of the molecule is Cc1noc(C)c1[C@@H]1CCCN1Cc1ncc[nH]1. The summed E-state index contributed by atoms with van der Waals surface area (Å²) in [6.45, 7) is 5.99. The molecule has 1 aliphatic heterocycles. The predicted octanol–water partition coefficient (Wildman–Crippen LogP) is 2.35. The van der Waals surface area contributed by atoms with Crippen molar-refractivity contribution >= 4 is 0 Å². The molecule has 0 spiro atoms. The number of aromatic nitrogens is 3. The van der Waals surface area contributed by atoms with Crippen LogP contribution in [0.4, 0.5) is 0 Å². The number of imidazole rings is 1. The zero-order valence-corrected chi connectivity index (χ0v) is 10.8. The molecule has 1 N–H and O–H groups in total. The number of aryl methyl sites for hydroxylation is 2. The minimum Gasteiger partial charge on any atom is -0.361 e. The third kappa shape index (κ3) is 1.95.